The molecule has 6 heterocycles. The van der Waals surface area contributed by atoms with Gasteiger partial charge in [-0.3, -0.25) is 29.4 Å². The lowest BCUT2D eigenvalue weighted by Gasteiger charge is -2.47. The van der Waals surface area contributed by atoms with Gasteiger partial charge in [-0.25, -0.2) is 4.79 Å². The predicted molar refractivity (Wildman–Crippen MR) is 213 cm³/mol. The van der Waals surface area contributed by atoms with Gasteiger partial charge >= 0.3 is 6.03 Å². The van der Waals surface area contributed by atoms with Gasteiger partial charge < -0.3 is 34.9 Å². The fourth-order valence-electron chi connectivity index (χ4n) is 9.14. The maximum Gasteiger partial charge on any atom is 0.320 e. The van der Waals surface area contributed by atoms with Crippen LogP contribution in [0.2, 0.25) is 0 Å². The molecule has 0 spiro atoms. The van der Waals surface area contributed by atoms with E-state index in [1.165, 1.54) is 11.9 Å². The highest BCUT2D eigenvalue weighted by Gasteiger charge is 2.38. The van der Waals surface area contributed by atoms with Gasteiger partial charge in [-0.2, -0.15) is 0 Å². The number of likely N-dealkylation sites (N-methyl/N-ethyl adjacent to an activating group) is 1. The number of imide groups is 1. The first kappa shape index (κ1) is 38.1. The van der Waals surface area contributed by atoms with Crippen molar-refractivity contribution in [3.05, 3.63) is 59.7 Å². The number of anilines is 3. The van der Waals surface area contributed by atoms with Crippen molar-refractivity contribution in [3.8, 4) is 17.0 Å². The van der Waals surface area contributed by atoms with Gasteiger partial charge in [-0.15, -0.1) is 10.2 Å². The van der Waals surface area contributed by atoms with Crippen LogP contribution < -0.4 is 20.4 Å². The van der Waals surface area contributed by atoms with E-state index in [-0.39, 0.29) is 53.7 Å². The van der Waals surface area contributed by atoms with Crippen LogP contribution in [0.5, 0.6) is 5.75 Å². The minimum Gasteiger partial charge on any atom is -0.507 e. The number of nitrogens with one attached hydrogen (secondary N) is 2. The van der Waals surface area contributed by atoms with Gasteiger partial charge in [0.2, 0.25) is 11.8 Å². The van der Waals surface area contributed by atoms with Gasteiger partial charge in [-0.1, -0.05) is 12.1 Å². The van der Waals surface area contributed by atoms with Crippen LogP contribution in [0.3, 0.4) is 0 Å². The van der Waals surface area contributed by atoms with Gasteiger partial charge in [0.25, 0.3) is 5.91 Å². The minimum atomic E-state index is -0.769. The number of nitrogens with zero attached hydrogens (tertiary/aromatic N) is 8. The molecule has 3 aromatic rings. The van der Waals surface area contributed by atoms with Crippen LogP contribution in [0.4, 0.5) is 22.0 Å². The van der Waals surface area contributed by atoms with E-state index in [1.54, 1.807) is 24.3 Å². The van der Waals surface area contributed by atoms with Crippen molar-refractivity contribution in [3.63, 3.8) is 0 Å². The summed E-state index contributed by atoms with van der Waals surface area (Å²) in [6, 6.07) is 14.0. The number of phenolic OH excluding ortho intramolecular Hbond substituents is 1. The van der Waals surface area contributed by atoms with Crippen LogP contribution in [-0.2, 0) is 9.59 Å². The number of aromatic nitrogens is 2. The van der Waals surface area contributed by atoms with Gasteiger partial charge in [0.1, 0.15) is 11.8 Å². The summed E-state index contributed by atoms with van der Waals surface area (Å²) in [4.78, 5) is 75.6. The van der Waals surface area contributed by atoms with E-state index < -0.39 is 17.9 Å². The lowest BCUT2D eigenvalue weighted by Crippen LogP contribution is -2.61. The predicted octanol–water partition coefficient (Wildman–Crippen LogP) is 2.50. The number of urea groups is 1. The lowest BCUT2D eigenvalue weighted by atomic mass is 9.95. The second-order valence-corrected chi connectivity index (χ2v) is 15.9. The molecule has 0 aliphatic carbocycles. The van der Waals surface area contributed by atoms with E-state index >= 15 is 0 Å². The maximum atomic E-state index is 13.8. The molecule has 300 valence electrons. The number of likely N-dealkylation sites (tertiary alicyclic amines) is 1. The summed E-state index contributed by atoms with van der Waals surface area (Å²) in [5, 5.41) is 24.8. The third kappa shape index (κ3) is 7.69. The zero-order valence-electron chi connectivity index (χ0n) is 32.5. The summed E-state index contributed by atoms with van der Waals surface area (Å²) in [6.07, 6.45) is 3.00. The summed E-state index contributed by atoms with van der Waals surface area (Å²) < 4.78 is 0. The fourth-order valence-corrected chi connectivity index (χ4v) is 9.14. The number of para-hydroxylation sites is 1. The number of aromatic hydroxyl groups is 1. The zero-order chi connectivity index (χ0) is 39.8. The molecule has 2 aromatic carbocycles. The normalized spacial score (nSPS) is 22.9. The number of piperazine rings is 2. The van der Waals surface area contributed by atoms with Crippen LogP contribution in [0, 0.1) is 5.92 Å². The number of aldehydes is 1. The number of carbonyl (C=O) groups excluding carboxylic acids is 5. The second kappa shape index (κ2) is 16.0. The quantitative estimate of drug-likeness (QED) is 0.237. The number of amides is 5. The molecule has 8 rings (SSSR count). The van der Waals surface area contributed by atoms with Gasteiger partial charge in [0.05, 0.1) is 23.0 Å². The number of fused-ring (bicyclic) bond motifs is 3. The van der Waals surface area contributed by atoms with Crippen LogP contribution in [0.15, 0.2) is 48.5 Å². The largest absolute Gasteiger partial charge is 0.507 e. The summed E-state index contributed by atoms with van der Waals surface area (Å²) in [7, 11) is 1.52. The fraction of sp³-hybridized carbons (Fsp3) is 0.488. The van der Waals surface area contributed by atoms with Crippen molar-refractivity contribution < 1.29 is 29.1 Å². The smallest absolute Gasteiger partial charge is 0.320 e. The standard InChI is InChI=1S/C41H50N10O6/c1-26-22-47(15-17-50(26)29-7-8-31(28(19-29)25-52)40(56)46(2)34-9-10-37(54)43-39(34)55)23-27-11-13-48(14-12-27)41(57)49-16-18-51-30(24-49)21-42-38-35(51)20-33(44-45-38)32-5-3-4-6-36(32)53/h3-8,19-20,25-27,30,34,53H,9-18,21-24H2,1-2H3,(H,42,45)(H,43,54,55). The minimum absolute atomic E-state index is 0.104. The number of benzene rings is 2. The van der Waals surface area contributed by atoms with Crippen molar-refractivity contribution in [2.24, 2.45) is 5.92 Å². The van der Waals surface area contributed by atoms with Gasteiger partial charge in [0, 0.05) is 102 Å². The van der Waals surface area contributed by atoms with Crippen molar-refractivity contribution >= 4 is 47.2 Å². The van der Waals surface area contributed by atoms with Gasteiger partial charge in [0.15, 0.2) is 12.1 Å². The van der Waals surface area contributed by atoms with Crippen molar-refractivity contribution in [1.29, 1.82) is 0 Å². The molecule has 57 heavy (non-hydrogen) atoms. The Labute approximate surface area is 331 Å². The van der Waals surface area contributed by atoms with Crippen LogP contribution in [-0.4, -0.2) is 156 Å². The monoisotopic (exact) mass is 778 g/mol. The number of hydrogen-bond donors (Lipinski definition) is 3. The van der Waals surface area contributed by atoms with E-state index in [9.17, 15) is 29.1 Å². The van der Waals surface area contributed by atoms with Gasteiger partial charge in [-0.05, 0) is 68.5 Å². The van der Waals surface area contributed by atoms with Crippen molar-refractivity contribution in [1.82, 2.24) is 35.1 Å². The topological polar surface area (TPSA) is 175 Å². The van der Waals surface area contributed by atoms with E-state index in [0.717, 1.165) is 69.3 Å². The number of piperidine rings is 2. The Bertz CT molecular complexity index is 2060. The Morgan fingerprint density at radius 1 is 0.930 bits per heavy atom. The average molecular weight is 779 g/mol. The molecule has 5 aliphatic heterocycles. The Morgan fingerprint density at radius 3 is 2.47 bits per heavy atom. The summed E-state index contributed by atoms with van der Waals surface area (Å²) in [5.74, 6) is 0.0849. The molecule has 1 aromatic heterocycles. The Morgan fingerprint density at radius 2 is 1.72 bits per heavy atom. The molecule has 3 N–H and O–H groups in total. The highest BCUT2D eigenvalue weighted by atomic mass is 16.3. The number of hydrogen-bond acceptors (Lipinski definition) is 12. The lowest BCUT2D eigenvalue weighted by molar-refractivity contribution is -0.136. The van der Waals surface area contributed by atoms with E-state index in [1.807, 2.05) is 34.1 Å². The van der Waals surface area contributed by atoms with Crippen molar-refractivity contribution in [2.75, 3.05) is 87.6 Å². The molecule has 4 fully saturated rings. The van der Waals surface area contributed by atoms with Crippen LogP contribution >= 0.6 is 0 Å². The summed E-state index contributed by atoms with van der Waals surface area (Å²) in [5.41, 5.74) is 3.55. The average Bonchev–Trinajstić information content (AvgIpc) is 3.23. The third-order valence-electron chi connectivity index (χ3n) is 12.4. The summed E-state index contributed by atoms with van der Waals surface area (Å²) >= 11 is 0. The molecule has 16 nitrogen and oxygen atoms in total. The molecule has 0 radical (unpaired) electrons. The Kier molecular flexibility index (Phi) is 10.7. The summed E-state index contributed by atoms with van der Waals surface area (Å²) in [6.45, 7) is 9.72. The first-order valence-corrected chi connectivity index (χ1v) is 20.0. The van der Waals surface area contributed by atoms with E-state index in [2.05, 4.69) is 42.5 Å². The zero-order valence-corrected chi connectivity index (χ0v) is 32.5. The van der Waals surface area contributed by atoms with Crippen LogP contribution in [0.1, 0.15) is 53.3 Å². The molecule has 0 saturated carbocycles. The molecular formula is C41H50N10O6. The highest BCUT2D eigenvalue weighted by molar-refractivity contribution is 6.06. The van der Waals surface area contributed by atoms with E-state index in [4.69, 9.17) is 0 Å². The molecule has 16 heteroatoms. The van der Waals surface area contributed by atoms with Crippen LogP contribution in [0.25, 0.3) is 11.3 Å². The van der Waals surface area contributed by atoms with Crippen molar-refractivity contribution in [2.45, 2.75) is 50.7 Å². The molecule has 3 unspecified atom stereocenters. The van der Waals surface area contributed by atoms with E-state index in [0.29, 0.717) is 49.6 Å². The molecule has 5 aliphatic rings. The Hall–Kier alpha value is -5.77. The second-order valence-electron chi connectivity index (χ2n) is 15.9. The molecule has 5 amide bonds. The molecular weight excluding hydrogens is 729 g/mol. The third-order valence-corrected chi connectivity index (χ3v) is 12.4. The maximum absolute atomic E-state index is 13.8. The molecule has 0 bridgehead atoms. The Balaban J connectivity index is 0.811. The SMILES string of the molecule is CC1CN(CC2CCN(C(=O)N3CCN4c5cc(-c6ccccc6O)nnc5NCC4C3)CC2)CCN1c1ccc(C(=O)N(C)C2CCC(=O)NC2=O)c(C=O)c1. The first-order chi connectivity index (χ1) is 27.6. The molecule has 3 atom stereocenters. The number of carbonyl (C=O) groups is 5. The number of phenols is 1. The first-order valence-electron chi connectivity index (χ1n) is 20.0. The highest BCUT2D eigenvalue weighted by Crippen LogP contribution is 2.36. The molecule has 4 saturated heterocycles. The number of rotatable bonds is 7.